The third-order valence-electron chi connectivity index (χ3n) is 4.54. The van der Waals surface area contributed by atoms with Crippen molar-refractivity contribution in [2.45, 2.75) is 19.9 Å². The number of rotatable bonds is 13. The Balaban J connectivity index is 1.94. The van der Waals surface area contributed by atoms with E-state index in [1.807, 2.05) is 55.5 Å². The first-order valence-electron chi connectivity index (χ1n) is 10.4. The summed E-state index contributed by atoms with van der Waals surface area (Å²) in [6.07, 6.45) is 8.31. The molecule has 0 aliphatic heterocycles. The Morgan fingerprint density at radius 3 is 2.71 bits per heavy atom. The first-order chi connectivity index (χ1) is 15.0. The van der Waals surface area contributed by atoms with E-state index < -0.39 is 0 Å². The molecule has 0 amide bonds. The van der Waals surface area contributed by atoms with E-state index in [4.69, 9.17) is 4.74 Å². The van der Waals surface area contributed by atoms with E-state index in [1.165, 1.54) is 5.56 Å². The summed E-state index contributed by atoms with van der Waals surface area (Å²) < 4.78 is 5.73. The molecule has 2 aromatic rings. The normalized spacial score (nSPS) is 11.5. The number of hydrogen-bond acceptors (Lipinski definition) is 4. The zero-order valence-electron chi connectivity index (χ0n) is 18.7. The molecule has 31 heavy (non-hydrogen) atoms. The lowest BCUT2D eigenvalue weighted by Gasteiger charge is -2.15. The Hall–Kier alpha value is -3.37. The minimum Gasteiger partial charge on any atom is -0.493 e. The van der Waals surface area contributed by atoms with Crippen LogP contribution >= 0.6 is 0 Å². The van der Waals surface area contributed by atoms with Gasteiger partial charge in [-0.2, -0.15) is 0 Å². The minimum absolute atomic E-state index is 0.585. The minimum atomic E-state index is 0.585. The average molecular weight is 416 g/mol. The van der Waals surface area contributed by atoms with Crippen molar-refractivity contribution in [2.75, 3.05) is 25.5 Å². The molecule has 0 aliphatic rings. The zero-order valence-corrected chi connectivity index (χ0v) is 18.7. The van der Waals surface area contributed by atoms with Crippen LogP contribution in [0.5, 0.6) is 5.75 Å². The van der Waals surface area contributed by atoms with Crippen LogP contribution in [0.3, 0.4) is 0 Å². The van der Waals surface area contributed by atoms with Crippen molar-refractivity contribution >= 4 is 17.5 Å². The highest BCUT2D eigenvalue weighted by Gasteiger charge is 2.01. The number of nitrogens with one attached hydrogen (secondary N) is 1. The van der Waals surface area contributed by atoms with Gasteiger partial charge in [-0.05, 0) is 67.4 Å². The Kier molecular flexibility index (Phi) is 10.1. The molecule has 0 heterocycles. The highest BCUT2D eigenvalue weighted by Crippen LogP contribution is 2.20. The van der Waals surface area contributed by atoms with Crippen LogP contribution in [0, 0.1) is 0 Å². The summed E-state index contributed by atoms with van der Waals surface area (Å²) in [7, 11) is 2.07. The number of benzene rings is 2. The maximum absolute atomic E-state index is 5.73. The number of likely N-dealkylation sites (N-methyl/N-ethyl adjacent to an activating group) is 1. The van der Waals surface area contributed by atoms with E-state index >= 15 is 0 Å². The molecule has 0 fully saturated rings. The van der Waals surface area contributed by atoms with Crippen LogP contribution in [0.25, 0.3) is 5.57 Å². The standard InChI is InChI=1S/C27H33N3O/c1-6-8-18-31-27-14-10-12-25(20-27)22(3)15-16-28-23(4)29-26-13-9-11-24(19-26)21-30(5)17-7-2/h6-7,9-16,19-20,29H,1-2,4,8,17-18,21H2,3,5H3/b22-15+,28-16-. The van der Waals surface area contributed by atoms with Gasteiger partial charge in [-0.15, -0.1) is 13.2 Å². The molecule has 2 aromatic carbocycles. The maximum atomic E-state index is 5.73. The predicted octanol–water partition coefficient (Wildman–Crippen LogP) is 6.32. The van der Waals surface area contributed by atoms with Crippen molar-refractivity contribution in [3.05, 3.63) is 103 Å². The first kappa shape index (κ1) is 23.9. The van der Waals surface area contributed by atoms with Crippen molar-refractivity contribution < 1.29 is 4.74 Å². The molecule has 0 spiro atoms. The molecular weight excluding hydrogens is 382 g/mol. The van der Waals surface area contributed by atoms with Crippen molar-refractivity contribution in [1.29, 1.82) is 0 Å². The molecule has 1 N–H and O–H groups in total. The molecule has 2 rings (SSSR count). The molecule has 162 valence electrons. The van der Waals surface area contributed by atoms with Crippen LogP contribution in [-0.4, -0.2) is 31.3 Å². The summed E-state index contributed by atoms with van der Waals surface area (Å²) in [6, 6.07) is 16.3. The van der Waals surface area contributed by atoms with E-state index in [9.17, 15) is 0 Å². The van der Waals surface area contributed by atoms with Crippen molar-refractivity contribution in [3.8, 4) is 5.75 Å². The topological polar surface area (TPSA) is 36.9 Å². The molecule has 0 aliphatic carbocycles. The third-order valence-corrected chi connectivity index (χ3v) is 4.54. The van der Waals surface area contributed by atoms with Gasteiger partial charge in [0.2, 0.25) is 0 Å². The monoisotopic (exact) mass is 415 g/mol. The number of nitrogens with zero attached hydrogens (tertiary/aromatic N) is 2. The Labute approximate surface area is 187 Å². The van der Waals surface area contributed by atoms with Crippen molar-refractivity contribution in [2.24, 2.45) is 4.99 Å². The fourth-order valence-electron chi connectivity index (χ4n) is 2.97. The van der Waals surface area contributed by atoms with Gasteiger partial charge in [0.1, 0.15) is 11.6 Å². The van der Waals surface area contributed by atoms with E-state index in [0.717, 1.165) is 42.1 Å². The van der Waals surface area contributed by atoms with Crippen LogP contribution in [-0.2, 0) is 6.54 Å². The fourth-order valence-corrected chi connectivity index (χ4v) is 2.97. The van der Waals surface area contributed by atoms with Gasteiger partial charge in [0.05, 0.1) is 6.61 Å². The number of anilines is 1. The van der Waals surface area contributed by atoms with Gasteiger partial charge in [0.15, 0.2) is 0 Å². The second-order valence-corrected chi connectivity index (χ2v) is 7.34. The predicted molar refractivity (Wildman–Crippen MR) is 135 cm³/mol. The molecular formula is C27H33N3O. The SMILES string of the molecule is C=CCCOc1cccc(/C(C)=C/C=N\C(=C)Nc2cccc(CN(C)CC=C)c2)c1. The Morgan fingerprint density at radius 2 is 1.94 bits per heavy atom. The van der Waals surface area contributed by atoms with Crippen LogP contribution in [0.15, 0.2) is 97.3 Å². The lowest BCUT2D eigenvalue weighted by molar-refractivity contribution is 0.325. The fraction of sp³-hybridized carbons (Fsp3) is 0.222. The molecule has 0 bridgehead atoms. The highest BCUT2D eigenvalue weighted by atomic mass is 16.5. The van der Waals surface area contributed by atoms with Gasteiger partial charge in [-0.25, -0.2) is 4.99 Å². The summed E-state index contributed by atoms with van der Waals surface area (Å²) >= 11 is 0. The van der Waals surface area contributed by atoms with Gasteiger partial charge < -0.3 is 10.1 Å². The summed E-state index contributed by atoms with van der Waals surface area (Å²) in [6.45, 7) is 15.9. The quantitative estimate of drug-likeness (QED) is 0.236. The van der Waals surface area contributed by atoms with Gasteiger partial charge >= 0.3 is 0 Å². The largest absolute Gasteiger partial charge is 0.493 e. The molecule has 0 atom stereocenters. The van der Waals surface area contributed by atoms with Gasteiger partial charge in [0, 0.05) is 25.0 Å². The number of aliphatic imine (C=N–C) groups is 1. The summed E-state index contributed by atoms with van der Waals surface area (Å²) in [4.78, 5) is 6.62. The van der Waals surface area contributed by atoms with Gasteiger partial charge in [-0.3, -0.25) is 4.90 Å². The third kappa shape index (κ3) is 8.89. The summed E-state index contributed by atoms with van der Waals surface area (Å²) in [5, 5.41) is 3.25. The van der Waals surface area contributed by atoms with Crippen molar-refractivity contribution in [3.63, 3.8) is 0 Å². The highest BCUT2D eigenvalue weighted by molar-refractivity contribution is 5.84. The second kappa shape index (κ2) is 13.0. The van der Waals surface area contributed by atoms with E-state index in [-0.39, 0.29) is 0 Å². The van der Waals surface area contributed by atoms with E-state index in [1.54, 1.807) is 6.21 Å². The number of hydrogen-bond donors (Lipinski definition) is 1. The molecule has 4 nitrogen and oxygen atoms in total. The van der Waals surface area contributed by atoms with E-state index in [0.29, 0.717) is 12.4 Å². The van der Waals surface area contributed by atoms with Crippen molar-refractivity contribution in [1.82, 2.24) is 4.90 Å². The number of allylic oxidation sites excluding steroid dienone is 2. The lowest BCUT2D eigenvalue weighted by atomic mass is 10.1. The second-order valence-electron chi connectivity index (χ2n) is 7.34. The Morgan fingerprint density at radius 1 is 1.13 bits per heavy atom. The molecule has 0 unspecified atom stereocenters. The molecule has 0 radical (unpaired) electrons. The molecule has 0 saturated carbocycles. The van der Waals surface area contributed by atoms with Gasteiger partial charge in [-0.1, -0.05) is 43.0 Å². The van der Waals surface area contributed by atoms with Crippen LogP contribution in [0.1, 0.15) is 24.5 Å². The summed E-state index contributed by atoms with van der Waals surface area (Å²) in [5.74, 6) is 1.44. The van der Waals surface area contributed by atoms with Gasteiger partial charge in [0.25, 0.3) is 0 Å². The Bertz CT molecular complexity index is 943. The molecule has 0 aromatic heterocycles. The molecule has 4 heteroatoms. The number of ether oxygens (including phenoxy) is 1. The lowest BCUT2D eigenvalue weighted by Crippen LogP contribution is -2.17. The van der Waals surface area contributed by atoms with Crippen LogP contribution in [0.2, 0.25) is 0 Å². The molecule has 0 saturated heterocycles. The zero-order chi connectivity index (χ0) is 22.5. The average Bonchev–Trinajstić information content (AvgIpc) is 2.74. The van der Waals surface area contributed by atoms with E-state index in [2.05, 4.69) is 60.2 Å². The first-order valence-corrected chi connectivity index (χ1v) is 10.4. The van der Waals surface area contributed by atoms with Crippen LogP contribution < -0.4 is 10.1 Å². The summed E-state index contributed by atoms with van der Waals surface area (Å²) in [5.41, 5.74) is 4.38. The smallest absolute Gasteiger partial charge is 0.122 e. The maximum Gasteiger partial charge on any atom is 0.122 e. The van der Waals surface area contributed by atoms with Crippen LogP contribution in [0.4, 0.5) is 5.69 Å².